The van der Waals surface area contributed by atoms with Gasteiger partial charge < -0.3 is 19.5 Å². The summed E-state index contributed by atoms with van der Waals surface area (Å²) in [5.41, 5.74) is 0.999. The van der Waals surface area contributed by atoms with E-state index in [-0.39, 0.29) is 23.3 Å². The molecule has 0 radical (unpaired) electrons. The van der Waals surface area contributed by atoms with Gasteiger partial charge in [0.15, 0.2) is 0 Å². The lowest BCUT2D eigenvalue weighted by molar-refractivity contribution is -0.115. The summed E-state index contributed by atoms with van der Waals surface area (Å²) in [7, 11) is -0.565. The van der Waals surface area contributed by atoms with Crippen molar-refractivity contribution in [2.75, 3.05) is 32.6 Å². The summed E-state index contributed by atoms with van der Waals surface area (Å²) in [5.74, 6) is 1.25. The molecular weight excluding hydrogens is 444 g/mol. The molecule has 0 aliphatic carbocycles. The monoisotopic (exact) mass is 476 g/mol. The van der Waals surface area contributed by atoms with E-state index in [0.29, 0.717) is 41.6 Å². The third kappa shape index (κ3) is 6.17. The molecule has 1 aliphatic rings. The van der Waals surface area contributed by atoms with Crippen molar-refractivity contribution in [3.8, 4) is 17.2 Å². The highest BCUT2D eigenvalue weighted by atomic mass is 32.2. The fraction of sp³-hybridized carbons (Fsp3) is 0.458. The van der Waals surface area contributed by atoms with Crippen molar-refractivity contribution in [3.05, 3.63) is 42.0 Å². The van der Waals surface area contributed by atoms with Gasteiger partial charge in [0.25, 0.3) is 0 Å². The van der Waals surface area contributed by atoms with Crippen LogP contribution in [0.25, 0.3) is 0 Å². The standard InChI is InChI=1S/C24H32N2O6S/c1-17(2)32-22-11-10-20(33(28,29)26-12-6-5-7-13-26)16-21(22)25-24(27)14-18-8-9-19(30-3)15-23(18)31-4/h8-11,15-17H,5-7,12-14H2,1-4H3,(H,25,27). The number of hydrogen-bond acceptors (Lipinski definition) is 6. The Labute approximate surface area is 195 Å². The van der Waals surface area contributed by atoms with Crippen LogP contribution in [0.2, 0.25) is 0 Å². The topological polar surface area (TPSA) is 94.2 Å². The van der Waals surface area contributed by atoms with E-state index in [0.717, 1.165) is 19.3 Å². The second-order valence-corrected chi connectivity index (χ2v) is 10.1. The second kappa shape index (κ2) is 10.9. The maximum absolute atomic E-state index is 13.1. The Hall–Kier alpha value is -2.78. The van der Waals surface area contributed by atoms with Crippen LogP contribution < -0.4 is 19.5 Å². The molecule has 1 amide bonds. The zero-order chi connectivity index (χ0) is 24.0. The molecular formula is C24H32N2O6S. The average Bonchev–Trinajstić information content (AvgIpc) is 2.80. The first-order valence-corrected chi connectivity index (χ1v) is 12.5. The molecule has 0 spiro atoms. The molecule has 1 saturated heterocycles. The number of piperidine rings is 1. The predicted molar refractivity (Wildman–Crippen MR) is 127 cm³/mol. The van der Waals surface area contributed by atoms with Gasteiger partial charge in [-0.15, -0.1) is 0 Å². The van der Waals surface area contributed by atoms with E-state index in [1.54, 1.807) is 31.4 Å². The highest BCUT2D eigenvalue weighted by Gasteiger charge is 2.27. The minimum Gasteiger partial charge on any atom is -0.497 e. The van der Waals surface area contributed by atoms with Gasteiger partial charge in [0.1, 0.15) is 17.2 Å². The highest BCUT2D eigenvalue weighted by molar-refractivity contribution is 7.89. The molecule has 33 heavy (non-hydrogen) atoms. The first-order valence-electron chi connectivity index (χ1n) is 11.1. The Balaban J connectivity index is 1.87. The van der Waals surface area contributed by atoms with Crippen LogP contribution in [0.3, 0.4) is 0 Å². The van der Waals surface area contributed by atoms with E-state index in [1.165, 1.54) is 23.5 Å². The van der Waals surface area contributed by atoms with Gasteiger partial charge in [-0.05, 0) is 51.0 Å². The molecule has 2 aromatic carbocycles. The van der Waals surface area contributed by atoms with Crippen LogP contribution >= 0.6 is 0 Å². The van der Waals surface area contributed by atoms with Crippen LogP contribution in [0.4, 0.5) is 5.69 Å². The fourth-order valence-electron chi connectivity index (χ4n) is 3.74. The Kier molecular flexibility index (Phi) is 8.20. The van der Waals surface area contributed by atoms with Gasteiger partial charge >= 0.3 is 0 Å². The van der Waals surface area contributed by atoms with Crippen molar-refractivity contribution >= 4 is 21.6 Å². The Morgan fingerprint density at radius 2 is 1.73 bits per heavy atom. The third-order valence-corrected chi connectivity index (χ3v) is 7.28. The zero-order valence-corrected chi connectivity index (χ0v) is 20.4. The van der Waals surface area contributed by atoms with E-state index in [9.17, 15) is 13.2 Å². The van der Waals surface area contributed by atoms with Crippen molar-refractivity contribution in [2.45, 2.75) is 50.5 Å². The lowest BCUT2D eigenvalue weighted by Gasteiger charge is -2.26. The van der Waals surface area contributed by atoms with Crippen molar-refractivity contribution in [3.63, 3.8) is 0 Å². The van der Waals surface area contributed by atoms with Gasteiger partial charge in [0, 0.05) is 24.7 Å². The van der Waals surface area contributed by atoms with Crippen LogP contribution in [0.1, 0.15) is 38.7 Å². The molecule has 3 rings (SSSR count). The summed E-state index contributed by atoms with van der Waals surface area (Å²) in [4.78, 5) is 13.0. The van der Waals surface area contributed by atoms with E-state index >= 15 is 0 Å². The number of benzene rings is 2. The van der Waals surface area contributed by atoms with Crippen LogP contribution in [0.15, 0.2) is 41.3 Å². The van der Waals surface area contributed by atoms with Crippen molar-refractivity contribution < 1.29 is 27.4 Å². The number of methoxy groups -OCH3 is 2. The highest BCUT2D eigenvalue weighted by Crippen LogP contribution is 2.32. The number of carbonyl (C=O) groups is 1. The zero-order valence-electron chi connectivity index (χ0n) is 19.6. The summed E-state index contributed by atoms with van der Waals surface area (Å²) in [5, 5.41) is 2.83. The maximum atomic E-state index is 13.1. The number of anilines is 1. The SMILES string of the molecule is COc1ccc(CC(=O)Nc2cc(S(=O)(=O)N3CCCCC3)ccc2OC(C)C)c(OC)c1. The van der Waals surface area contributed by atoms with E-state index < -0.39 is 10.0 Å². The Morgan fingerprint density at radius 3 is 2.36 bits per heavy atom. The number of rotatable bonds is 9. The summed E-state index contributed by atoms with van der Waals surface area (Å²) < 4.78 is 44.2. The number of ether oxygens (including phenoxy) is 3. The quantitative estimate of drug-likeness (QED) is 0.591. The number of carbonyl (C=O) groups excluding carboxylic acids is 1. The molecule has 0 atom stereocenters. The van der Waals surface area contributed by atoms with Crippen LogP contribution in [0, 0.1) is 0 Å². The summed E-state index contributed by atoms with van der Waals surface area (Å²) in [6, 6.07) is 9.83. The summed E-state index contributed by atoms with van der Waals surface area (Å²) in [6.07, 6.45) is 2.62. The maximum Gasteiger partial charge on any atom is 0.243 e. The lowest BCUT2D eigenvalue weighted by Crippen LogP contribution is -2.35. The minimum atomic E-state index is -3.65. The Morgan fingerprint density at radius 1 is 1.00 bits per heavy atom. The van der Waals surface area contributed by atoms with Crippen LogP contribution in [-0.2, 0) is 21.2 Å². The fourth-order valence-corrected chi connectivity index (χ4v) is 5.29. The first-order chi connectivity index (χ1) is 15.7. The van der Waals surface area contributed by atoms with Gasteiger partial charge in [0.05, 0.1) is 37.3 Å². The normalized spacial score (nSPS) is 14.7. The molecule has 0 saturated carbocycles. The first kappa shape index (κ1) is 24.9. The van der Waals surface area contributed by atoms with Gasteiger partial charge in [-0.3, -0.25) is 4.79 Å². The third-order valence-electron chi connectivity index (χ3n) is 5.39. The number of hydrogen-bond donors (Lipinski definition) is 1. The molecule has 9 heteroatoms. The molecule has 2 aromatic rings. The summed E-state index contributed by atoms with van der Waals surface area (Å²) in [6.45, 7) is 4.75. The number of amides is 1. The average molecular weight is 477 g/mol. The minimum absolute atomic E-state index is 0.0391. The molecule has 0 unspecified atom stereocenters. The lowest BCUT2D eigenvalue weighted by atomic mass is 10.1. The number of nitrogens with one attached hydrogen (secondary N) is 1. The molecule has 8 nitrogen and oxygen atoms in total. The molecule has 0 aromatic heterocycles. The molecule has 1 aliphatic heterocycles. The van der Waals surface area contributed by atoms with E-state index in [4.69, 9.17) is 14.2 Å². The number of sulfonamides is 1. The largest absolute Gasteiger partial charge is 0.497 e. The van der Waals surface area contributed by atoms with Gasteiger partial charge in [-0.25, -0.2) is 8.42 Å². The molecule has 1 heterocycles. The summed E-state index contributed by atoms with van der Waals surface area (Å²) >= 11 is 0. The van der Waals surface area contributed by atoms with Crippen molar-refractivity contribution in [2.24, 2.45) is 0 Å². The van der Waals surface area contributed by atoms with Gasteiger partial charge in [-0.2, -0.15) is 4.31 Å². The molecule has 1 N–H and O–H groups in total. The smallest absolute Gasteiger partial charge is 0.243 e. The second-order valence-electron chi connectivity index (χ2n) is 8.19. The Bertz CT molecular complexity index is 1080. The van der Waals surface area contributed by atoms with Crippen LogP contribution in [-0.4, -0.2) is 52.0 Å². The van der Waals surface area contributed by atoms with Crippen LogP contribution in [0.5, 0.6) is 17.2 Å². The van der Waals surface area contributed by atoms with Gasteiger partial charge in [0.2, 0.25) is 15.9 Å². The molecule has 0 bridgehead atoms. The van der Waals surface area contributed by atoms with Crippen molar-refractivity contribution in [1.82, 2.24) is 4.31 Å². The van der Waals surface area contributed by atoms with Gasteiger partial charge in [-0.1, -0.05) is 12.5 Å². The van der Waals surface area contributed by atoms with E-state index in [2.05, 4.69) is 5.32 Å². The number of nitrogens with zero attached hydrogens (tertiary/aromatic N) is 1. The van der Waals surface area contributed by atoms with E-state index in [1.807, 2.05) is 13.8 Å². The predicted octanol–water partition coefficient (Wildman–Crippen LogP) is 3.85. The molecule has 180 valence electrons. The van der Waals surface area contributed by atoms with Crippen molar-refractivity contribution in [1.29, 1.82) is 0 Å². The molecule has 1 fully saturated rings.